The van der Waals surface area contributed by atoms with Gasteiger partial charge in [0.05, 0.1) is 18.6 Å². The molecule has 0 aliphatic heterocycles. The number of carbonyl (C=O) groups excluding carboxylic acids is 2. The highest BCUT2D eigenvalue weighted by Crippen LogP contribution is 2.21. The molecule has 5 heteroatoms. The summed E-state index contributed by atoms with van der Waals surface area (Å²) in [4.78, 5) is 24.1. The second-order valence-corrected chi connectivity index (χ2v) is 5.42. The van der Waals surface area contributed by atoms with E-state index in [1.54, 1.807) is 38.1 Å². The fourth-order valence-electron chi connectivity index (χ4n) is 2.21. The van der Waals surface area contributed by atoms with Gasteiger partial charge in [-0.2, -0.15) is 0 Å². The van der Waals surface area contributed by atoms with Crippen molar-refractivity contribution in [1.29, 1.82) is 0 Å². The van der Waals surface area contributed by atoms with Gasteiger partial charge in [-0.05, 0) is 43.2 Å². The van der Waals surface area contributed by atoms with Gasteiger partial charge in [0.25, 0.3) is 0 Å². The van der Waals surface area contributed by atoms with Crippen LogP contribution < -0.4 is 5.32 Å². The Kier molecular flexibility index (Phi) is 5.77. The first-order chi connectivity index (χ1) is 11.0. The van der Waals surface area contributed by atoms with E-state index in [-0.39, 0.29) is 12.3 Å². The van der Waals surface area contributed by atoms with Crippen LogP contribution in [0.25, 0.3) is 0 Å². The summed E-state index contributed by atoms with van der Waals surface area (Å²) in [5, 5.41) is 3.37. The molecule has 120 valence electrons. The van der Waals surface area contributed by atoms with E-state index in [9.17, 15) is 9.59 Å². The Morgan fingerprint density at radius 2 is 1.87 bits per heavy atom. The summed E-state index contributed by atoms with van der Waals surface area (Å²) in [6.45, 7) is 3.83. The molecular formula is C18H18ClNO3. The Labute approximate surface area is 140 Å². The van der Waals surface area contributed by atoms with Crippen LogP contribution in [0.3, 0.4) is 0 Å². The van der Waals surface area contributed by atoms with E-state index < -0.39 is 5.97 Å². The summed E-state index contributed by atoms with van der Waals surface area (Å²) in [6, 6.07) is 12.3. The molecule has 0 spiro atoms. The van der Waals surface area contributed by atoms with E-state index in [0.717, 1.165) is 5.56 Å². The van der Waals surface area contributed by atoms with Crippen LogP contribution in [0.2, 0.25) is 5.02 Å². The zero-order valence-corrected chi connectivity index (χ0v) is 13.8. The molecule has 0 unspecified atom stereocenters. The van der Waals surface area contributed by atoms with Crippen molar-refractivity contribution in [2.75, 3.05) is 11.9 Å². The topological polar surface area (TPSA) is 55.4 Å². The number of esters is 1. The number of benzene rings is 2. The molecular weight excluding hydrogens is 314 g/mol. The van der Waals surface area contributed by atoms with Gasteiger partial charge in [-0.25, -0.2) is 4.79 Å². The highest BCUT2D eigenvalue weighted by atomic mass is 35.5. The molecule has 23 heavy (non-hydrogen) atoms. The third kappa shape index (κ3) is 4.33. The number of halogens is 1. The first-order valence-electron chi connectivity index (χ1n) is 7.33. The van der Waals surface area contributed by atoms with Crippen molar-refractivity contribution in [1.82, 2.24) is 0 Å². The van der Waals surface area contributed by atoms with E-state index in [1.807, 2.05) is 18.2 Å². The maximum absolute atomic E-state index is 12.2. The van der Waals surface area contributed by atoms with Gasteiger partial charge in [0, 0.05) is 10.7 Å². The van der Waals surface area contributed by atoms with E-state index in [1.165, 1.54) is 0 Å². The van der Waals surface area contributed by atoms with Crippen molar-refractivity contribution in [3.63, 3.8) is 0 Å². The summed E-state index contributed by atoms with van der Waals surface area (Å²) in [6.07, 6.45) is 0.169. The fourth-order valence-corrected chi connectivity index (χ4v) is 2.41. The smallest absolute Gasteiger partial charge is 0.338 e. The predicted molar refractivity (Wildman–Crippen MR) is 90.9 cm³/mol. The zero-order chi connectivity index (χ0) is 16.8. The molecule has 0 bridgehead atoms. The summed E-state index contributed by atoms with van der Waals surface area (Å²) in [7, 11) is 0. The number of hydrogen-bond donors (Lipinski definition) is 1. The Bertz CT molecular complexity index is 728. The summed E-state index contributed by atoms with van der Waals surface area (Å²) >= 11 is 6.06. The molecule has 0 atom stereocenters. The minimum absolute atomic E-state index is 0.169. The summed E-state index contributed by atoms with van der Waals surface area (Å²) in [5.41, 5.74) is 2.47. The number of hydrogen-bond acceptors (Lipinski definition) is 3. The lowest BCUT2D eigenvalue weighted by atomic mass is 10.1. The number of nitrogens with one attached hydrogen (secondary N) is 1. The van der Waals surface area contributed by atoms with Crippen molar-refractivity contribution in [2.24, 2.45) is 0 Å². The van der Waals surface area contributed by atoms with Crippen LogP contribution in [0.4, 0.5) is 5.69 Å². The van der Waals surface area contributed by atoms with Gasteiger partial charge in [-0.15, -0.1) is 0 Å². The van der Waals surface area contributed by atoms with Gasteiger partial charge in [0.1, 0.15) is 0 Å². The van der Waals surface area contributed by atoms with Crippen molar-refractivity contribution >= 4 is 29.2 Å². The molecule has 2 rings (SSSR count). The van der Waals surface area contributed by atoms with Crippen molar-refractivity contribution in [3.05, 3.63) is 64.2 Å². The van der Waals surface area contributed by atoms with E-state index in [4.69, 9.17) is 16.3 Å². The standard InChI is InChI=1S/C18H18ClNO3/c1-3-23-18(22)14-8-6-10-16(12(14)2)20-17(21)11-13-7-4-5-9-15(13)19/h4-10H,3,11H2,1-2H3,(H,20,21). The SMILES string of the molecule is CCOC(=O)c1cccc(NC(=O)Cc2ccccc2Cl)c1C. The first-order valence-corrected chi connectivity index (χ1v) is 7.70. The van der Waals surface area contributed by atoms with Crippen LogP contribution in [0, 0.1) is 6.92 Å². The highest BCUT2D eigenvalue weighted by Gasteiger charge is 2.14. The lowest BCUT2D eigenvalue weighted by molar-refractivity contribution is -0.115. The molecule has 4 nitrogen and oxygen atoms in total. The van der Waals surface area contributed by atoms with Gasteiger partial charge >= 0.3 is 5.97 Å². The maximum atomic E-state index is 12.2. The van der Waals surface area contributed by atoms with Crippen molar-refractivity contribution in [3.8, 4) is 0 Å². The second-order valence-electron chi connectivity index (χ2n) is 5.01. The molecule has 0 saturated heterocycles. The normalized spacial score (nSPS) is 10.2. The molecule has 0 aliphatic carbocycles. The second kappa shape index (κ2) is 7.79. The highest BCUT2D eigenvalue weighted by molar-refractivity contribution is 6.31. The quantitative estimate of drug-likeness (QED) is 0.842. The predicted octanol–water partition coefficient (Wildman–Crippen LogP) is 4.01. The van der Waals surface area contributed by atoms with Gasteiger partial charge in [0.15, 0.2) is 0 Å². The summed E-state index contributed by atoms with van der Waals surface area (Å²) in [5.74, 6) is -0.589. The number of ether oxygens (including phenoxy) is 1. The minimum Gasteiger partial charge on any atom is -0.462 e. The van der Waals surface area contributed by atoms with E-state index in [2.05, 4.69) is 5.32 Å². The third-order valence-electron chi connectivity index (χ3n) is 3.41. The lowest BCUT2D eigenvalue weighted by Crippen LogP contribution is -2.16. The molecule has 0 radical (unpaired) electrons. The number of anilines is 1. The Morgan fingerprint density at radius 1 is 1.13 bits per heavy atom. The Balaban J connectivity index is 2.14. The average Bonchev–Trinajstić information content (AvgIpc) is 2.52. The molecule has 0 aliphatic rings. The molecule has 0 aromatic heterocycles. The molecule has 1 amide bonds. The van der Waals surface area contributed by atoms with E-state index >= 15 is 0 Å². The van der Waals surface area contributed by atoms with Crippen LogP contribution >= 0.6 is 11.6 Å². The molecule has 2 aromatic rings. The van der Waals surface area contributed by atoms with Crippen LogP contribution in [0.5, 0.6) is 0 Å². The fraction of sp³-hybridized carbons (Fsp3) is 0.222. The van der Waals surface area contributed by atoms with Crippen LogP contribution in [0.15, 0.2) is 42.5 Å². The van der Waals surface area contributed by atoms with Crippen LogP contribution in [-0.2, 0) is 16.0 Å². The zero-order valence-electron chi connectivity index (χ0n) is 13.1. The maximum Gasteiger partial charge on any atom is 0.338 e. The number of rotatable bonds is 5. The number of carbonyl (C=O) groups is 2. The van der Waals surface area contributed by atoms with Crippen LogP contribution in [-0.4, -0.2) is 18.5 Å². The monoisotopic (exact) mass is 331 g/mol. The first kappa shape index (κ1) is 17.0. The molecule has 1 N–H and O–H groups in total. The lowest BCUT2D eigenvalue weighted by Gasteiger charge is -2.12. The van der Waals surface area contributed by atoms with Crippen molar-refractivity contribution < 1.29 is 14.3 Å². The van der Waals surface area contributed by atoms with Gasteiger partial charge in [0.2, 0.25) is 5.91 Å². The molecule has 0 heterocycles. The third-order valence-corrected chi connectivity index (χ3v) is 3.78. The largest absolute Gasteiger partial charge is 0.462 e. The van der Waals surface area contributed by atoms with Gasteiger partial charge < -0.3 is 10.1 Å². The van der Waals surface area contributed by atoms with Crippen LogP contribution in [0.1, 0.15) is 28.4 Å². The molecule has 0 fully saturated rings. The van der Waals surface area contributed by atoms with Gasteiger partial charge in [-0.1, -0.05) is 35.9 Å². The number of amides is 1. The van der Waals surface area contributed by atoms with Gasteiger partial charge in [-0.3, -0.25) is 4.79 Å². The Hall–Kier alpha value is -2.33. The van der Waals surface area contributed by atoms with Crippen molar-refractivity contribution in [2.45, 2.75) is 20.3 Å². The van der Waals surface area contributed by atoms with E-state index in [0.29, 0.717) is 28.4 Å². The molecule has 0 saturated carbocycles. The minimum atomic E-state index is -0.396. The molecule has 2 aromatic carbocycles. The Morgan fingerprint density at radius 3 is 2.57 bits per heavy atom. The summed E-state index contributed by atoms with van der Waals surface area (Å²) < 4.78 is 5.01. The average molecular weight is 332 g/mol.